The molecule has 2 unspecified atom stereocenters. The largest absolute Gasteiger partial charge is 0.388 e. The number of hydrogen-bond acceptors (Lipinski definition) is 5. The minimum atomic E-state index is -1.02. The van der Waals surface area contributed by atoms with Gasteiger partial charge in [0.2, 0.25) is 0 Å². The molecule has 5 nitrogen and oxygen atoms in total. The van der Waals surface area contributed by atoms with Gasteiger partial charge in [0.1, 0.15) is 24.4 Å². The van der Waals surface area contributed by atoms with E-state index in [4.69, 9.17) is 9.47 Å². The Morgan fingerprint density at radius 1 is 1.38 bits per heavy atom. The third-order valence-corrected chi connectivity index (χ3v) is 2.75. The molecular formula is C11H22O5. The summed E-state index contributed by atoms with van der Waals surface area (Å²) in [6.07, 6.45) is -0.330. The molecule has 1 rings (SSSR count). The minimum absolute atomic E-state index is 0.0682. The summed E-state index contributed by atoms with van der Waals surface area (Å²) >= 11 is 0. The summed E-state index contributed by atoms with van der Waals surface area (Å²) in [6, 6.07) is 0. The molecule has 1 fully saturated rings. The van der Waals surface area contributed by atoms with E-state index in [0.29, 0.717) is 6.61 Å². The average molecular weight is 234 g/mol. The molecule has 0 bridgehead atoms. The van der Waals surface area contributed by atoms with Crippen LogP contribution in [0, 0.1) is 0 Å². The number of ether oxygens (including phenoxy) is 2. The second-order valence-electron chi connectivity index (χ2n) is 4.21. The van der Waals surface area contributed by atoms with Crippen LogP contribution in [-0.4, -0.2) is 59.6 Å². The molecule has 1 heterocycles. The summed E-state index contributed by atoms with van der Waals surface area (Å²) in [5.74, 6) is 0. The summed E-state index contributed by atoms with van der Waals surface area (Å²) in [5, 5.41) is 28.4. The van der Waals surface area contributed by atoms with Crippen molar-refractivity contribution in [3.8, 4) is 0 Å². The van der Waals surface area contributed by atoms with E-state index in [1.165, 1.54) is 0 Å². The van der Waals surface area contributed by atoms with Gasteiger partial charge in [-0.2, -0.15) is 0 Å². The molecule has 1 aliphatic heterocycles. The molecule has 4 atom stereocenters. The van der Waals surface area contributed by atoms with Gasteiger partial charge in [0, 0.05) is 6.61 Å². The van der Waals surface area contributed by atoms with Crippen molar-refractivity contribution < 1.29 is 24.8 Å². The van der Waals surface area contributed by atoms with E-state index >= 15 is 0 Å². The molecule has 3 N–H and O–H groups in total. The average Bonchev–Trinajstić information content (AvgIpc) is 2.59. The maximum absolute atomic E-state index is 9.67. The van der Waals surface area contributed by atoms with Gasteiger partial charge in [-0.3, -0.25) is 0 Å². The van der Waals surface area contributed by atoms with Gasteiger partial charge in [0.25, 0.3) is 0 Å². The van der Waals surface area contributed by atoms with E-state index in [0.717, 1.165) is 19.3 Å². The Balaban J connectivity index is 2.12. The lowest BCUT2D eigenvalue weighted by atomic mass is 10.1. The second-order valence-corrected chi connectivity index (χ2v) is 4.21. The first kappa shape index (κ1) is 13.9. The summed E-state index contributed by atoms with van der Waals surface area (Å²) in [6.45, 7) is 2.92. The Morgan fingerprint density at radius 2 is 2.12 bits per heavy atom. The minimum Gasteiger partial charge on any atom is -0.388 e. The van der Waals surface area contributed by atoms with Crippen LogP contribution in [0.3, 0.4) is 0 Å². The van der Waals surface area contributed by atoms with Gasteiger partial charge in [0.05, 0.1) is 13.2 Å². The zero-order chi connectivity index (χ0) is 12.0. The van der Waals surface area contributed by atoms with Crippen LogP contribution in [0.4, 0.5) is 0 Å². The van der Waals surface area contributed by atoms with Crippen LogP contribution in [0.5, 0.6) is 0 Å². The fourth-order valence-electron chi connectivity index (χ4n) is 1.72. The number of hydrogen-bond donors (Lipinski definition) is 3. The molecule has 0 radical (unpaired) electrons. The molecule has 16 heavy (non-hydrogen) atoms. The zero-order valence-corrected chi connectivity index (χ0v) is 9.71. The Kier molecular flexibility index (Phi) is 6.23. The Morgan fingerprint density at radius 3 is 2.69 bits per heavy atom. The van der Waals surface area contributed by atoms with E-state index < -0.39 is 24.4 Å². The van der Waals surface area contributed by atoms with Crippen LogP contribution in [-0.2, 0) is 9.47 Å². The zero-order valence-electron chi connectivity index (χ0n) is 9.71. The quantitative estimate of drug-likeness (QED) is 0.526. The first-order chi connectivity index (χ1) is 7.66. The van der Waals surface area contributed by atoms with Crippen molar-refractivity contribution in [1.82, 2.24) is 0 Å². The lowest BCUT2D eigenvalue weighted by Gasteiger charge is -2.20. The molecule has 5 heteroatoms. The summed E-state index contributed by atoms with van der Waals surface area (Å²) < 4.78 is 10.4. The SMILES string of the molecule is CCCCCOCC(O)[C@H]1OCC(O)[C@H]1O. The molecule has 0 aromatic carbocycles. The molecule has 0 aromatic rings. The van der Waals surface area contributed by atoms with Gasteiger partial charge in [-0.15, -0.1) is 0 Å². The Hall–Kier alpha value is -0.200. The van der Waals surface area contributed by atoms with Crippen molar-refractivity contribution in [2.45, 2.75) is 50.6 Å². The molecule has 0 aliphatic carbocycles. The number of unbranched alkanes of at least 4 members (excludes halogenated alkanes) is 2. The van der Waals surface area contributed by atoms with Gasteiger partial charge in [-0.05, 0) is 6.42 Å². The third-order valence-electron chi connectivity index (χ3n) is 2.75. The highest BCUT2D eigenvalue weighted by atomic mass is 16.5. The van der Waals surface area contributed by atoms with Gasteiger partial charge in [0.15, 0.2) is 0 Å². The first-order valence-electron chi connectivity index (χ1n) is 5.90. The maximum Gasteiger partial charge on any atom is 0.114 e. The van der Waals surface area contributed by atoms with Crippen LogP contribution >= 0.6 is 0 Å². The van der Waals surface area contributed by atoms with Crippen molar-refractivity contribution in [2.75, 3.05) is 19.8 Å². The van der Waals surface area contributed by atoms with E-state index in [9.17, 15) is 15.3 Å². The van der Waals surface area contributed by atoms with Crippen LogP contribution in [0.25, 0.3) is 0 Å². The monoisotopic (exact) mass is 234 g/mol. The number of rotatable bonds is 7. The normalized spacial score (nSPS) is 31.9. The fourth-order valence-corrected chi connectivity index (χ4v) is 1.72. The summed E-state index contributed by atoms with van der Waals surface area (Å²) in [4.78, 5) is 0. The number of aliphatic hydroxyl groups is 3. The lowest BCUT2D eigenvalue weighted by molar-refractivity contribution is -0.0813. The Labute approximate surface area is 96.0 Å². The van der Waals surface area contributed by atoms with Crippen molar-refractivity contribution >= 4 is 0 Å². The molecule has 0 saturated carbocycles. The van der Waals surface area contributed by atoms with Crippen LogP contribution < -0.4 is 0 Å². The predicted octanol–water partition coefficient (Wildman–Crippen LogP) is -0.325. The van der Waals surface area contributed by atoms with E-state index in [-0.39, 0.29) is 13.2 Å². The van der Waals surface area contributed by atoms with Gasteiger partial charge < -0.3 is 24.8 Å². The fraction of sp³-hybridized carbons (Fsp3) is 1.00. The van der Waals surface area contributed by atoms with Crippen LogP contribution in [0.1, 0.15) is 26.2 Å². The highest BCUT2D eigenvalue weighted by Gasteiger charge is 2.39. The summed E-state index contributed by atoms with van der Waals surface area (Å²) in [7, 11) is 0. The molecule has 1 aliphatic rings. The topological polar surface area (TPSA) is 79.2 Å². The standard InChI is InChI=1S/C11H22O5/c1-2-3-4-5-15-6-9(13)11-10(14)8(12)7-16-11/h8-14H,2-7H2,1H3/t8?,9?,10-,11-/m1/s1. The Bertz CT molecular complexity index is 187. The molecule has 0 aromatic heterocycles. The van der Waals surface area contributed by atoms with Crippen molar-refractivity contribution in [1.29, 1.82) is 0 Å². The second kappa shape index (κ2) is 7.19. The highest BCUT2D eigenvalue weighted by Crippen LogP contribution is 2.17. The van der Waals surface area contributed by atoms with Crippen LogP contribution in [0.15, 0.2) is 0 Å². The number of aliphatic hydroxyl groups excluding tert-OH is 3. The van der Waals surface area contributed by atoms with Crippen molar-refractivity contribution in [3.05, 3.63) is 0 Å². The molecular weight excluding hydrogens is 212 g/mol. The molecule has 96 valence electrons. The molecule has 1 saturated heterocycles. The molecule has 0 amide bonds. The van der Waals surface area contributed by atoms with E-state index in [2.05, 4.69) is 6.92 Å². The predicted molar refractivity (Wildman–Crippen MR) is 58.1 cm³/mol. The lowest BCUT2D eigenvalue weighted by Crippen LogP contribution is -2.40. The molecule has 0 spiro atoms. The maximum atomic E-state index is 9.67. The first-order valence-corrected chi connectivity index (χ1v) is 5.90. The van der Waals surface area contributed by atoms with Gasteiger partial charge >= 0.3 is 0 Å². The van der Waals surface area contributed by atoms with Crippen molar-refractivity contribution in [3.63, 3.8) is 0 Å². The van der Waals surface area contributed by atoms with Gasteiger partial charge in [-0.25, -0.2) is 0 Å². The van der Waals surface area contributed by atoms with Crippen molar-refractivity contribution in [2.24, 2.45) is 0 Å². The smallest absolute Gasteiger partial charge is 0.114 e. The highest BCUT2D eigenvalue weighted by molar-refractivity contribution is 4.87. The van der Waals surface area contributed by atoms with Gasteiger partial charge in [-0.1, -0.05) is 19.8 Å². The van der Waals surface area contributed by atoms with E-state index in [1.54, 1.807) is 0 Å². The van der Waals surface area contributed by atoms with E-state index in [1.807, 2.05) is 0 Å². The van der Waals surface area contributed by atoms with Crippen LogP contribution in [0.2, 0.25) is 0 Å². The summed E-state index contributed by atoms with van der Waals surface area (Å²) in [5.41, 5.74) is 0. The third kappa shape index (κ3) is 3.99.